The summed E-state index contributed by atoms with van der Waals surface area (Å²) in [6, 6.07) is 5.00. The molecule has 0 aliphatic carbocycles. The number of hydrogen-bond acceptors (Lipinski definition) is 2. The predicted octanol–water partition coefficient (Wildman–Crippen LogP) is 1.80. The molecule has 3 N–H and O–H groups in total. The van der Waals surface area contributed by atoms with E-state index in [1.807, 2.05) is 24.4 Å². The number of aromatic amines is 1. The van der Waals surface area contributed by atoms with E-state index in [1.165, 1.54) is 0 Å². The molecule has 1 heterocycles. The number of fused-ring (bicyclic) bond motifs is 1. The molecule has 0 aliphatic rings. The number of halogens is 1. The van der Waals surface area contributed by atoms with Crippen molar-refractivity contribution in [3.63, 3.8) is 0 Å². The van der Waals surface area contributed by atoms with Crippen LogP contribution >= 0.6 is 11.6 Å². The van der Waals surface area contributed by atoms with E-state index in [1.54, 1.807) is 6.29 Å². The van der Waals surface area contributed by atoms with Crippen LogP contribution in [0.1, 0.15) is 5.56 Å². The Morgan fingerprint density at radius 1 is 1.53 bits per heavy atom. The fraction of sp³-hybridized carbons (Fsp3) is 0.182. The second-order valence-corrected chi connectivity index (χ2v) is 3.87. The van der Waals surface area contributed by atoms with Crippen LogP contribution in [0.2, 0.25) is 5.02 Å². The third-order valence-corrected chi connectivity index (χ3v) is 2.56. The van der Waals surface area contributed by atoms with Crippen molar-refractivity contribution in [1.29, 1.82) is 0 Å². The monoisotopic (exact) mass is 221 g/mol. The topological polar surface area (TPSA) is 58.9 Å². The number of hydrogen-bond donors (Lipinski definition) is 2. The largest absolute Gasteiger partial charge is 0.361 e. The lowest BCUT2D eigenvalue weighted by atomic mass is 10.1. The van der Waals surface area contributed by atoms with Gasteiger partial charge in [-0.05, 0) is 30.2 Å². The molecule has 0 bridgehead atoms. The number of rotatable bonds is 3. The summed E-state index contributed by atoms with van der Waals surface area (Å²) in [5.41, 5.74) is 7.51. The Balaban J connectivity index is 2.43. The predicted molar refractivity (Wildman–Crippen MR) is 60.7 cm³/mol. The molecule has 2 rings (SSSR count). The Hall–Kier alpha value is -1.32. The summed E-state index contributed by atoms with van der Waals surface area (Å²) in [6.45, 7) is 0. The molecule has 1 aromatic heterocycles. The molecule has 77 valence electrons. The molecule has 15 heavy (non-hydrogen) atoms. The summed E-state index contributed by atoms with van der Waals surface area (Å²) in [6.07, 6.45) is 4.08. The highest BCUT2D eigenvalue weighted by atomic mass is 35.5. The van der Waals surface area contributed by atoms with Crippen molar-refractivity contribution in [1.82, 2.24) is 4.98 Å². The first-order valence-electron chi connectivity index (χ1n) is 4.59. The van der Waals surface area contributed by atoms with Gasteiger partial charge in [-0.1, -0.05) is 11.6 Å². The van der Waals surface area contributed by atoms with Gasteiger partial charge in [0.2, 0.25) is 6.29 Å². The van der Waals surface area contributed by atoms with Crippen molar-refractivity contribution in [2.24, 2.45) is 5.73 Å². The van der Waals surface area contributed by atoms with Crippen molar-refractivity contribution in [2.45, 2.75) is 12.5 Å². The summed E-state index contributed by atoms with van der Waals surface area (Å²) in [5.74, 6) is 0. The van der Waals surface area contributed by atoms with Crippen molar-refractivity contribution < 1.29 is 4.79 Å². The molecule has 0 spiro atoms. The van der Waals surface area contributed by atoms with E-state index in [0.29, 0.717) is 11.4 Å². The smallest absolute Gasteiger partial charge is 0.217 e. The van der Waals surface area contributed by atoms with Gasteiger partial charge in [0.15, 0.2) is 0 Å². The maximum Gasteiger partial charge on any atom is 0.217 e. The van der Waals surface area contributed by atoms with Crippen molar-refractivity contribution in [2.75, 3.05) is 0 Å². The Bertz CT molecular complexity index is 492. The Morgan fingerprint density at radius 3 is 3.07 bits per heavy atom. The van der Waals surface area contributed by atoms with Crippen molar-refractivity contribution in [3.8, 4) is 0 Å². The van der Waals surface area contributed by atoms with Crippen LogP contribution in [0, 0.1) is 0 Å². The molecular formula is C11H10ClN2O. The second-order valence-electron chi connectivity index (χ2n) is 3.43. The minimum Gasteiger partial charge on any atom is -0.361 e. The summed E-state index contributed by atoms with van der Waals surface area (Å²) >= 11 is 5.90. The number of H-pyrrole nitrogens is 1. The van der Waals surface area contributed by atoms with Crippen LogP contribution in [0.5, 0.6) is 0 Å². The lowest BCUT2D eigenvalue weighted by molar-refractivity contribution is 0.541. The highest BCUT2D eigenvalue weighted by molar-refractivity contribution is 6.31. The van der Waals surface area contributed by atoms with Gasteiger partial charge in [0.05, 0.1) is 6.04 Å². The number of nitrogens with one attached hydrogen (secondary N) is 1. The summed E-state index contributed by atoms with van der Waals surface area (Å²) < 4.78 is 0. The normalized spacial score (nSPS) is 12.9. The molecule has 1 atom stereocenters. The van der Waals surface area contributed by atoms with Gasteiger partial charge in [-0.3, -0.25) is 4.79 Å². The first-order valence-corrected chi connectivity index (χ1v) is 4.97. The number of benzene rings is 1. The van der Waals surface area contributed by atoms with Crippen molar-refractivity contribution >= 4 is 28.8 Å². The third kappa shape index (κ3) is 2.03. The van der Waals surface area contributed by atoms with Gasteiger partial charge in [0, 0.05) is 22.1 Å². The molecule has 1 unspecified atom stereocenters. The molecule has 4 heteroatoms. The molecule has 0 aliphatic heterocycles. The first-order chi connectivity index (χ1) is 7.20. The van der Waals surface area contributed by atoms with E-state index >= 15 is 0 Å². The average Bonchev–Trinajstić information content (AvgIpc) is 2.61. The van der Waals surface area contributed by atoms with Crippen LogP contribution in [0.3, 0.4) is 0 Å². The summed E-state index contributed by atoms with van der Waals surface area (Å²) in [4.78, 5) is 13.4. The molecule has 0 fully saturated rings. The maximum absolute atomic E-state index is 10.3. The fourth-order valence-electron chi connectivity index (χ4n) is 1.60. The fourth-order valence-corrected chi connectivity index (χ4v) is 1.77. The van der Waals surface area contributed by atoms with Crippen LogP contribution in [0.15, 0.2) is 24.4 Å². The van der Waals surface area contributed by atoms with E-state index < -0.39 is 6.04 Å². The summed E-state index contributed by atoms with van der Waals surface area (Å²) in [5, 5.41) is 1.68. The number of carbonyl (C=O) groups excluding carboxylic acids is 1. The van der Waals surface area contributed by atoms with Gasteiger partial charge < -0.3 is 10.7 Å². The molecular weight excluding hydrogens is 212 g/mol. The minimum absolute atomic E-state index is 0.476. The minimum atomic E-state index is -0.581. The van der Waals surface area contributed by atoms with Gasteiger partial charge in [-0.25, -0.2) is 0 Å². The molecule has 0 saturated carbocycles. The van der Waals surface area contributed by atoms with Gasteiger partial charge >= 0.3 is 0 Å². The third-order valence-electron chi connectivity index (χ3n) is 2.32. The van der Waals surface area contributed by atoms with E-state index in [2.05, 4.69) is 4.98 Å². The molecule has 0 amide bonds. The van der Waals surface area contributed by atoms with Gasteiger partial charge in [-0.2, -0.15) is 0 Å². The molecule has 1 radical (unpaired) electrons. The van der Waals surface area contributed by atoms with Crippen LogP contribution < -0.4 is 5.73 Å². The summed E-state index contributed by atoms with van der Waals surface area (Å²) in [7, 11) is 0. The second kappa shape index (κ2) is 4.04. The van der Waals surface area contributed by atoms with E-state index in [-0.39, 0.29) is 0 Å². The van der Waals surface area contributed by atoms with Crippen LogP contribution in [-0.2, 0) is 11.2 Å². The molecule has 1 aromatic carbocycles. The Kier molecular flexibility index (Phi) is 2.75. The average molecular weight is 222 g/mol. The zero-order chi connectivity index (χ0) is 10.8. The highest BCUT2D eigenvalue weighted by Gasteiger charge is 2.08. The molecule has 0 saturated heterocycles. The van der Waals surface area contributed by atoms with Crippen LogP contribution in [0.25, 0.3) is 10.9 Å². The van der Waals surface area contributed by atoms with Gasteiger partial charge in [0.25, 0.3) is 0 Å². The van der Waals surface area contributed by atoms with Crippen molar-refractivity contribution in [3.05, 3.63) is 35.0 Å². The zero-order valence-corrected chi connectivity index (χ0v) is 8.71. The molecule has 3 nitrogen and oxygen atoms in total. The standard InChI is InChI=1S/C11H10ClN2O/c12-8-1-2-11-10(4-8)7(5-14-11)3-9(13)6-15/h1-2,4-5,9,14H,3,13H2. The Morgan fingerprint density at radius 2 is 2.33 bits per heavy atom. The van der Waals surface area contributed by atoms with E-state index in [0.717, 1.165) is 16.5 Å². The van der Waals surface area contributed by atoms with Crippen LogP contribution in [0.4, 0.5) is 0 Å². The lowest BCUT2D eigenvalue weighted by Crippen LogP contribution is -2.23. The maximum atomic E-state index is 10.3. The Labute approximate surface area is 92.2 Å². The highest BCUT2D eigenvalue weighted by Crippen LogP contribution is 2.22. The zero-order valence-electron chi connectivity index (χ0n) is 7.96. The molecule has 2 aromatic rings. The quantitative estimate of drug-likeness (QED) is 0.831. The van der Waals surface area contributed by atoms with E-state index in [9.17, 15) is 4.79 Å². The first kappa shape index (κ1) is 10.2. The van der Waals surface area contributed by atoms with Gasteiger partial charge in [-0.15, -0.1) is 0 Å². The van der Waals surface area contributed by atoms with E-state index in [4.69, 9.17) is 17.3 Å². The lowest BCUT2D eigenvalue weighted by Gasteiger charge is -2.01. The van der Waals surface area contributed by atoms with Crippen LogP contribution in [-0.4, -0.2) is 17.3 Å². The number of nitrogens with two attached hydrogens (primary N) is 1. The van der Waals surface area contributed by atoms with Gasteiger partial charge in [0.1, 0.15) is 0 Å². The number of aromatic nitrogens is 1. The SMILES string of the molecule is NC([C]=O)Cc1c[nH]c2ccc(Cl)cc12.